The Morgan fingerprint density at radius 2 is 1.83 bits per heavy atom. The summed E-state index contributed by atoms with van der Waals surface area (Å²) < 4.78 is 1.74. The molecular formula is C19H19ClN2O. The first-order valence-electron chi connectivity index (χ1n) is 7.70. The van der Waals surface area contributed by atoms with E-state index in [0.717, 1.165) is 16.8 Å². The largest absolute Gasteiger partial charge is 0.309 e. The summed E-state index contributed by atoms with van der Waals surface area (Å²) in [7, 11) is 0. The molecule has 0 fully saturated rings. The smallest absolute Gasteiger partial charge is 0.264 e. The van der Waals surface area contributed by atoms with Gasteiger partial charge in [0.05, 0.1) is 10.4 Å². The molecule has 0 atom stereocenters. The predicted molar refractivity (Wildman–Crippen MR) is 96.5 cm³/mol. The minimum Gasteiger partial charge on any atom is -0.309 e. The molecule has 4 heteroatoms. The topological polar surface area (TPSA) is 34.0 Å². The van der Waals surface area contributed by atoms with Crippen LogP contribution in [-0.2, 0) is 6.54 Å². The summed E-state index contributed by atoms with van der Waals surface area (Å²) in [4.78, 5) is 13.1. The van der Waals surface area contributed by atoms with E-state index in [4.69, 9.17) is 11.6 Å². The van der Waals surface area contributed by atoms with E-state index in [1.54, 1.807) is 10.6 Å². The summed E-state index contributed by atoms with van der Waals surface area (Å²) >= 11 is 6.27. The lowest BCUT2D eigenvalue weighted by Gasteiger charge is -2.17. The van der Waals surface area contributed by atoms with Gasteiger partial charge in [-0.1, -0.05) is 55.8 Å². The highest BCUT2D eigenvalue weighted by Gasteiger charge is 2.13. The summed E-state index contributed by atoms with van der Waals surface area (Å²) in [5.41, 5.74) is 1.68. The van der Waals surface area contributed by atoms with Crippen LogP contribution in [0.1, 0.15) is 19.5 Å². The van der Waals surface area contributed by atoms with Crippen molar-refractivity contribution in [1.29, 1.82) is 0 Å². The normalized spacial score (nSPS) is 11.3. The van der Waals surface area contributed by atoms with Crippen molar-refractivity contribution < 1.29 is 0 Å². The van der Waals surface area contributed by atoms with Gasteiger partial charge in [0.15, 0.2) is 0 Å². The van der Waals surface area contributed by atoms with Crippen molar-refractivity contribution in [3.63, 3.8) is 0 Å². The lowest BCUT2D eigenvalue weighted by Crippen LogP contribution is -2.28. The van der Waals surface area contributed by atoms with E-state index in [-0.39, 0.29) is 5.56 Å². The highest BCUT2D eigenvalue weighted by Crippen LogP contribution is 2.22. The van der Waals surface area contributed by atoms with Crippen LogP contribution in [0.5, 0.6) is 0 Å². The fourth-order valence-corrected chi connectivity index (χ4v) is 2.93. The third-order valence-electron chi connectivity index (χ3n) is 3.78. The molecule has 0 bridgehead atoms. The minimum absolute atomic E-state index is 0.0835. The van der Waals surface area contributed by atoms with Crippen molar-refractivity contribution in [3.8, 4) is 5.69 Å². The van der Waals surface area contributed by atoms with Gasteiger partial charge >= 0.3 is 0 Å². The van der Waals surface area contributed by atoms with Gasteiger partial charge in [-0.2, -0.15) is 0 Å². The molecule has 1 N–H and O–H groups in total. The molecular weight excluding hydrogens is 308 g/mol. The molecule has 0 amide bonds. The van der Waals surface area contributed by atoms with Crippen LogP contribution in [0.25, 0.3) is 16.5 Å². The van der Waals surface area contributed by atoms with Crippen molar-refractivity contribution in [3.05, 3.63) is 75.7 Å². The molecule has 23 heavy (non-hydrogen) atoms. The molecule has 0 aliphatic carbocycles. The lowest BCUT2D eigenvalue weighted by atomic mass is 10.1. The molecule has 2 aromatic carbocycles. The Balaban J connectivity index is 2.29. The summed E-state index contributed by atoms with van der Waals surface area (Å²) in [6.45, 7) is 4.79. The Morgan fingerprint density at radius 1 is 1.09 bits per heavy atom. The van der Waals surface area contributed by atoms with Crippen LogP contribution in [-0.4, -0.2) is 10.6 Å². The third-order valence-corrected chi connectivity index (χ3v) is 4.09. The number of aromatic nitrogens is 1. The summed E-state index contributed by atoms with van der Waals surface area (Å²) in [5.74, 6) is 0. The van der Waals surface area contributed by atoms with Crippen LogP contribution in [0.3, 0.4) is 0 Å². The Kier molecular flexibility index (Phi) is 4.51. The van der Waals surface area contributed by atoms with Crippen LogP contribution in [0, 0.1) is 0 Å². The molecule has 3 rings (SSSR count). The zero-order valence-corrected chi connectivity index (χ0v) is 14.0. The summed E-state index contributed by atoms with van der Waals surface area (Å²) in [6.07, 6.45) is 0. The Labute approximate surface area is 140 Å². The second kappa shape index (κ2) is 6.57. The zero-order chi connectivity index (χ0) is 16.4. The maximum atomic E-state index is 13.1. The van der Waals surface area contributed by atoms with Gasteiger partial charge in [0.2, 0.25) is 0 Å². The van der Waals surface area contributed by atoms with Crippen molar-refractivity contribution in [2.24, 2.45) is 0 Å². The first-order valence-corrected chi connectivity index (χ1v) is 8.07. The maximum Gasteiger partial charge on any atom is 0.264 e. The van der Waals surface area contributed by atoms with Crippen LogP contribution >= 0.6 is 11.6 Å². The van der Waals surface area contributed by atoms with Gasteiger partial charge < -0.3 is 5.32 Å². The molecule has 0 aliphatic rings. The number of nitrogens with one attached hydrogen (secondary N) is 1. The van der Waals surface area contributed by atoms with Crippen LogP contribution in [0.2, 0.25) is 5.02 Å². The molecule has 3 nitrogen and oxygen atoms in total. The van der Waals surface area contributed by atoms with Crippen molar-refractivity contribution in [1.82, 2.24) is 9.88 Å². The van der Waals surface area contributed by atoms with Gasteiger partial charge in [0.25, 0.3) is 5.56 Å². The van der Waals surface area contributed by atoms with Gasteiger partial charge in [-0.3, -0.25) is 9.36 Å². The molecule has 0 aliphatic heterocycles. The lowest BCUT2D eigenvalue weighted by molar-refractivity contribution is 0.574. The van der Waals surface area contributed by atoms with E-state index in [1.807, 2.05) is 48.5 Å². The zero-order valence-electron chi connectivity index (χ0n) is 13.2. The number of hydrogen-bond acceptors (Lipinski definition) is 2. The van der Waals surface area contributed by atoms with E-state index < -0.39 is 0 Å². The molecule has 1 heterocycles. The van der Waals surface area contributed by atoms with Crippen molar-refractivity contribution >= 4 is 22.4 Å². The van der Waals surface area contributed by atoms with Gasteiger partial charge in [0, 0.05) is 24.0 Å². The van der Waals surface area contributed by atoms with Crippen molar-refractivity contribution in [2.75, 3.05) is 0 Å². The summed E-state index contributed by atoms with van der Waals surface area (Å²) in [5, 5.41) is 5.30. The number of rotatable bonds is 4. The minimum atomic E-state index is -0.0835. The SMILES string of the molecule is CC(C)NCc1cc2cccc(Cl)c2c(=O)n1-c1ccccc1. The highest BCUT2D eigenvalue weighted by molar-refractivity contribution is 6.35. The maximum absolute atomic E-state index is 13.1. The van der Waals surface area contributed by atoms with E-state index in [2.05, 4.69) is 19.2 Å². The number of nitrogens with zero attached hydrogens (tertiary/aromatic N) is 1. The third kappa shape index (κ3) is 3.16. The molecule has 0 spiro atoms. The van der Waals surface area contributed by atoms with Crippen LogP contribution in [0.15, 0.2) is 59.4 Å². The molecule has 3 aromatic rings. The number of fused-ring (bicyclic) bond motifs is 1. The molecule has 0 unspecified atom stereocenters. The first kappa shape index (κ1) is 15.8. The fraction of sp³-hybridized carbons (Fsp3) is 0.211. The van der Waals surface area contributed by atoms with E-state index in [0.29, 0.717) is 23.0 Å². The fourth-order valence-electron chi connectivity index (χ4n) is 2.67. The van der Waals surface area contributed by atoms with E-state index in [1.165, 1.54) is 0 Å². The molecule has 118 valence electrons. The quantitative estimate of drug-likeness (QED) is 0.781. The first-order chi connectivity index (χ1) is 11.1. The van der Waals surface area contributed by atoms with Crippen molar-refractivity contribution in [2.45, 2.75) is 26.4 Å². The average Bonchev–Trinajstić information content (AvgIpc) is 2.53. The predicted octanol–water partition coefficient (Wildman–Crippen LogP) is 4.14. The van der Waals surface area contributed by atoms with Gasteiger partial charge in [0.1, 0.15) is 0 Å². The second-order valence-electron chi connectivity index (χ2n) is 5.85. The van der Waals surface area contributed by atoms with Crippen LogP contribution in [0.4, 0.5) is 0 Å². The number of pyridine rings is 1. The Bertz CT molecular complexity index is 885. The van der Waals surface area contributed by atoms with Gasteiger partial charge in [-0.15, -0.1) is 0 Å². The number of benzene rings is 2. The van der Waals surface area contributed by atoms with E-state index >= 15 is 0 Å². The Hall–Kier alpha value is -2.10. The molecule has 0 saturated heterocycles. The van der Waals surface area contributed by atoms with Gasteiger partial charge in [-0.05, 0) is 29.7 Å². The standard InChI is InChI=1S/C19H19ClN2O/c1-13(2)21-12-16-11-14-7-6-10-17(20)18(14)19(23)22(16)15-8-4-3-5-9-15/h3-11,13,21H,12H2,1-2H3. The van der Waals surface area contributed by atoms with Crippen LogP contribution < -0.4 is 10.9 Å². The summed E-state index contributed by atoms with van der Waals surface area (Å²) in [6, 6.07) is 17.6. The highest BCUT2D eigenvalue weighted by atomic mass is 35.5. The second-order valence-corrected chi connectivity index (χ2v) is 6.26. The molecule has 0 radical (unpaired) electrons. The molecule has 1 aromatic heterocycles. The number of hydrogen-bond donors (Lipinski definition) is 1. The number of para-hydroxylation sites is 1. The monoisotopic (exact) mass is 326 g/mol. The molecule has 0 saturated carbocycles. The van der Waals surface area contributed by atoms with E-state index in [9.17, 15) is 4.79 Å². The number of halogens is 1. The Morgan fingerprint density at radius 3 is 2.52 bits per heavy atom. The average molecular weight is 327 g/mol. The van der Waals surface area contributed by atoms with Gasteiger partial charge in [-0.25, -0.2) is 0 Å².